The Morgan fingerprint density at radius 3 is 2.10 bits per heavy atom. The Hall–Kier alpha value is -2.71. The van der Waals surface area contributed by atoms with E-state index in [4.69, 9.17) is 30.2 Å². The average molecular weight is 571 g/mol. The highest BCUT2D eigenvalue weighted by atomic mass is 35.7. The molecule has 0 atom stereocenters. The number of hydrogen-bond acceptors (Lipinski definition) is 5. The third-order valence-corrected chi connectivity index (χ3v) is 8.48. The van der Waals surface area contributed by atoms with Gasteiger partial charge in [0.05, 0.1) is 20.3 Å². The lowest BCUT2D eigenvalue weighted by atomic mass is 9.81. The number of halogens is 2. The molecule has 2 heterocycles. The van der Waals surface area contributed by atoms with Gasteiger partial charge in [0.1, 0.15) is 7.05 Å². The lowest BCUT2D eigenvalue weighted by Crippen LogP contribution is -2.58. The van der Waals surface area contributed by atoms with E-state index in [0.717, 1.165) is 17.9 Å². The first-order valence-electron chi connectivity index (χ1n) is 12.8. The molecule has 1 aliphatic carbocycles. The minimum atomic E-state index is -4.69. The zero-order valence-corrected chi connectivity index (χ0v) is 24.7. The highest BCUT2D eigenvalue weighted by Gasteiger charge is 2.42. The van der Waals surface area contributed by atoms with Gasteiger partial charge in [-0.1, -0.05) is 74.0 Å². The first kappa shape index (κ1) is 29.3. The summed E-state index contributed by atoms with van der Waals surface area (Å²) in [5.74, 6) is 0. The summed E-state index contributed by atoms with van der Waals surface area (Å²) < 4.78 is 35.0. The van der Waals surface area contributed by atoms with Gasteiger partial charge in [-0.15, -0.1) is 0 Å². The number of fused-ring (bicyclic) bond motifs is 2. The third kappa shape index (κ3) is 5.78. The van der Waals surface area contributed by atoms with E-state index in [2.05, 4.69) is 124 Å². The van der Waals surface area contributed by atoms with Crippen LogP contribution in [0.2, 0.25) is 0 Å². The van der Waals surface area contributed by atoms with Crippen LogP contribution in [0.25, 0.3) is 0 Å². The van der Waals surface area contributed by atoms with Crippen LogP contribution in [0.3, 0.4) is 0 Å². The summed E-state index contributed by atoms with van der Waals surface area (Å²) in [5.41, 5.74) is 10.3. The Balaban J connectivity index is 0.000000648. The largest absolute Gasteiger partial charge is 0.347 e. The Morgan fingerprint density at radius 2 is 1.49 bits per heavy atom. The fraction of sp³-hybridized carbons (Fsp3) is 0.323. The lowest BCUT2D eigenvalue weighted by molar-refractivity contribution is -1.92. The van der Waals surface area contributed by atoms with Crippen LogP contribution in [0.1, 0.15) is 51.7 Å². The summed E-state index contributed by atoms with van der Waals surface area (Å²) in [5, 5.41) is 0.903. The van der Waals surface area contributed by atoms with Crippen molar-refractivity contribution in [1.29, 1.82) is 0 Å². The summed E-state index contributed by atoms with van der Waals surface area (Å²) >= 11 is 6.90. The Labute approximate surface area is 237 Å². The third-order valence-electron chi connectivity index (χ3n) is 7.99. The number of anilines is 1. The standard InChI is InChI=1S/C31H34ClN2.ClHO4/c1-30(2)23-11-7-9-13-25(23)33(5)27(30)19-17-21-15-16-22(29(21)32)18-20-28-31(3,4)24-12-8-10-14-26(24)34(28)6;2-1(3,4)5/h7-14,17-20H,15-16H2,1-6H3;(H,2,3,4,5)/q+1;. The van der Waals surface area contributed by atoms with Crippen molar-refractivity contribution in [2.24, 2.45) is 0 Å². The molecule has 3 aliphatic rings. The summed E-state index contributed by atoms with van der Waals surface area (Å²) in [7, 11) is -0.374. The normalized spacial score (nSPS) is 21.7. The highest BCUT2D eigenvalue weighted by molar-refractivity contribution is 6.33. The molecule has 0 unspecified atom stereocenters. The van der Waals surface area contributed by atoms with E-state index >= 15 is 0 Å². The smallest absolute Gasteiger partial charge is 0.209 e. The van der Waals surface area contributed by atoms with Crippen LogP contribution < -0.4 is 18.9 Å². The summed E-state index contributed by atoms with van der Waals surface area (Å²) in [6.07, 6.45) is 11.0. The van der Waals surface area contributed by atoms with Crippen molar-refractivity contribution in [3.63, 3.8) is 0 Å². The number of hydrogen-bond donors (Lipinski definition) is 1. The van der Waals surface area contributed by atoms with Gasteiger partial charge in [-0.25, -0.2) is 0 Å². The molecule has 6 nitrogen and oxygen atoms in total. The van der Waals surface area contributed by atoms with Crippen molar-refractivity contribution < 1.29 is 33.5 Å². The zero-order valence-electron chi connectivity index (χ0n) is 23.2. The van der Waals surface area contributed by atoms with Crippen molar-refractivity contribution in [2.75, 3.05) is 19.0 Å². The van der Waals surface area contributed by atoms with Crippen LogP contribution in [0.15, 0.2) is 94.7 Å². The summed E-state index contributed by atoms with van der Waals surface area (Å²) in [4.78, 5) is 2.31. The number of likely N-dealkylation sites (N-methyl/N-ethyl adjacent to an activating group) is 1. The van der Waals surface area contributed by atoms with Crippen molar-refractivity contribution in [3.8, 4) is 0 Å². The maximum absolute atomic E-state index is 8.60. The molecule has 0 saturated carbocycles. The molecule has 0 aromatic heterocycles. The van der Waals surface area contributed by atoms with Gasteiger partial charge in [-0.3, -0.25) is 0 Å². The van der Waals surface area contributed by atoms with E-state index < -0.39 is 10.2 Å². The molecule has 0 bridgehead atoms. The van der Waals surface area contributed by atoms with Gasteiger partial charge in [-0.2, -0.15) is 18.6 Å². The number of para-hydroxylation sites is 2. The van der Waals surface area contributed by atoms with Gasteiger partial charge in [0.25, 0.3) is 0 Å². The molecule has 39 heavy (non-hydrogen) atoms. The Kier molecular flexibility index (Phi) is 8.03. The van der Waals surface area contributed by atoms with E-state index in [-0.39, 0.29) is 10.8 Å². The first-order valence-corrected chi connectivity index (χ1v) is 14.4. The zero-order chi connectivity index (χ0) is 28.8. The molecule has 1 N–H and O–H groups in total. The van der Waals surface area contributed by atoms with Crippen LogP contribution >= 0.6 is 11.6 Å². The van der Waals surface area contributed by atoms with E-state index in [0.29, 0.717) is 0 Å². The van der Waals surface area contributed by atoms with Gasteiger partial charge in [0.2, 0.25) is 5.69 Å². The van der Waals surface area contributed by atoms with Gasteiger partial charge in [0.15, 0.2) is 5.71 Å². The van der Waals surface area contributed by atoms with Crippen molar-refractivity contribution in [3.05, 3.63) is 106 Å². The molecule has 2 aromatic carbocycles. The molecule has 2 aliphatic heterocycles. The van der Waals surface area contributed by atoms with Crippen molar-refractivity contribution >= 4 is 28.7 Å². The molecule has 8 heteroatoms. The molecule has 0 amide bonds. The number of allylic oxidation sites excluding steroid dienone is 8. The molecule has 0 spiro atoms. The second-order valence-electron chi connectivity index (χ2n) is 11.1. The molecular formula is C31H35Cl2N2O4+. The predicted molar refractivity (Wildman–Crippen MR) is 148 cm³/mol. The van der Waals surface area contributed by atoms with Crippen LogP contribution in [0, 0.1) is 10.2 Å². The monoisotopic (exact) mass is 569 g/mol. The predicted octanol–water partition coefficient (Wildman–Crippen LogP) is 3.65. The highest BCUT2D eigenvalue weighted by Crippen LogP contribution is 2.47. The van der Waals surface area contributed by atoms with E-state index in [1.165, 1.54) is 45.1 Å². The minimum absolute atomic E-state index is 0.0236. The maximum atomic E-state index is 8.60. The van der Waals surface area contributed by atoms with Gasteiger partial charge in [0, 0.05) is 46.6 Å². The molecule has 0 fully saturated rings. The van der Waals surface area contributed by atoms with Crippen LogP contribution in [0.4, 0.5) is 11.4 Å². The van der Waals surface area contributed by atoms with Crippen LogP contribution in [-0.2, 0) is 10.8 Å². The first-order chi connectivity index (χ1) is 18.1. The quantitative estimate of drug-likeness (QED) is 0.569. The number of nitrogens with zero attached hydrogens (tertiary/aromatic N) is 2. The second-order valence-corrected chi connectivity index (χ2v) is 12.3. The van der Waals surface area contributed by atoms with E-state index in [1.54, 1.807) is 0 Å². The number of benzene rings is 2. The molecule has 5 rings (SSSR count). The number of rotatable bonds is 3. The fourth-order valence-corrected chi connectivity index (χ4v) is 6.29. The molecular weight excluding hydrogens is 535 g/mol. The van der Waals surface area contributed by atoms with Gasteiger partial charge < -0.3 is 4.90 Å². The minimum Gasteiger partial charge on any atom is -0.347 e. The topological polar surface area (TPSA) is 95.7 Å². The van der Waals surface area contributed by atoms with E-state index in [9.17, 15) is 0 Å². The van der Waals surface area contributed by atoms with Gasteiger partial charge in [-0.05, 0) is 55.5 Å². The van der Waals surface area contributed by atoms with Crippen molar-refractivity contribution in [1.82, 2.24) is 0 Å². The molecule has 0 radical (unpaired) electrons. The van der Waals surface area contributed by atoms with Gasteiger partial charge >= 0.3 is 0 Å². The Morgan fingerprint density at radius 1 is 0.897 bits per heavy atom. The maximum Gasteiger partial charge on any atom is 0.209 e. The van der Waals surface area contributed by atoms with Crippen molar-refractivity contribution in [2.45, 2.75) is 51.4 Å². The summed E-state index contributed by atoms with van der Waals surface area (Å²) in [6.45, 7) is 9.20. The molecule has 0 saturated heterocycles. The fourth-order valence-electron chi connectivity index (χ4n) is 5.97. The van der Waals surface area contributed by atoms with Crippen LogP contribution in [0.5, 0.6) is 0 Å². The second kappa shape index (κ2) is 10.7. The molecule has 2 aromatic rings. The summed E-state index contributed by atoms with van der Waals surface area (Å²) in [6, 6.07) is 17.4. The lowest BCUT2D eigenvalue weighted by Gasteiger charge is -2.23. The Bertz CT molecular complexity index is 1440. The van der Waals surface area contributed by atoms with Crippen LogP contribution in [-0.4, -0.2) is 29.0 Å². The average Bonchev–Trinajstić information content (AvgIpc) is 3.37. The van der Waals surface area contributed by atoms with E-state index in [1.807, 2.05) is 0 Å². The SMILES string of the molecule is CN1/C(=C/C=C2\CCC(/C=C/C3=[N+](C)c4ccccc4C3(C)C)=C2Cl)C(C)(C)c2ccccc21.[O-][Cl+3]([O-])([O-])O. The molecule has 206 valence electrons.